The molecule has 0 saturated carbocycles. The van der Waals surface area contributed by atoms with Crippen LogP contribution in [0, 0.1) is 0 Å². The van der Waals surface area contributed by atoms with Crippen molar-refractivity contribution >= 4 is 17.5 Å². The number of ketones is 1. The summed E-state index contributed by atoms with van der Waals surface area (Å²) in [5.74, 6) is -0.0419. The Kier molecular flexibility index (Phi) is 4.11. The number of hydrogen-bond donors (Lipinski definition) is 0. The van der Waals surface area contributed by atoms with Crippen molar-refractivity contribution < 1.29 is 4.79 Å². The van der Waals surface area contributed by atoms with E-state index in [1.165, 1.54) is 6.08 Å². The lowest BCUT2D eigenvalue weighted by Crippen LogP contribution is -1.92. The normalized spacial score (nSPS) is 10.1. The summed E-state index contributed by atoms with van der Waals surface area (Å²) >= 11 is 0. The topological polar surface area (TPSA) is 65.8 Å². The van der Waals surface area contributed by atoms with Crippen LogP contribution in [-0.2, 0) is 0 Å². The number of hydrogen-bond acceptors (Lipinski definition) is 2. The van der Waals surface area contributed by atoms with Crippen LogP contribution in [0.1, 0.15) is 15.9 Å². The molecule has 0 aliphatic rings. The van der Waals surface area contributed by atoms with E-state index in [1.807, 2.05) is 18.2 Å². The number of benzene rings is 2. The molecule has 2 aromatic carbocycles. The summed E-state index contributed by atoms with van der Waals surface area (Å²) in [6.45, 7) is 0. The number of azide groups is 1. The third-order valence-corrected chi connectivity index (χ3v) is 2.54. The average molecular weight is 249 g/mol. The van der Waals surface area contributed by atoms with E-state index in [4.69, 9.17) is 5.53 Å². The molecule has 2 rings (SSSR count). The highest BCUT2D eigenvalue weighted by Crippen LogP contribution is 2.14. The van der Waals surface area contributed by atoms with E-state index in [1.54, 1.807) is 42.5 Å². The molecular weight excluding hydrogens is 238 g/mol. The van der Waals surface area contributed by atoms with Gasteiger partial charge < -0.3 is 0 Å². The number of allylic oxidation sites excluding steroid dienone is 1. The molecule has 0 aromatic heterocycles. The number of carbonyl (C=O) groups excluding carboxylic acids is 1. The lowest BCUT2D eigenvalue weighted by molar-refractivity contribution is 0.104. The summed E-state index contributed by atoms with van der Waals surface area (Å²) in [6.07, 6.45) is 3.26. The molecule has 19 heavy (non-hydrogen) atoms. The van der Waals surface area contributed by atoms with Gasteiger partial charge >= 0.3 is 0 Å². The van der Waals surface area contributed by atoms with E-state index < -0.39 is 0 Å². The highest BCUT2D eigenvalue weighted by molar-refractivity contribution is 6.06. The Morgan fingerprint density at radius 2 is 1.74 bits per heavy atom. The smallest absolute Gasteiger partial charge is 0.185 e. The van der Waals surface area contributed by atoms with Gasteiger partial charge in [0.25, 0.3) is 0 Å². The van der Waals surface area contributed by atoms with Crippen molar-refractivity contribution in [1.29, 1.82) is 0 Å². The zero-order chi connectivity index (χ0) is 13.5. The van der Waals surface area contributed by atoms with Gasteiger partial charge in [0.05, 0.1) is 0 Å². The highest BCUT2D eigenvalue weighted by atomic mass is 16.1. The molecule has 0 amide bonds. The second-order valence-corrected chi connectivity index (χ2v) is 3.84. The van der Waals surface area contributed by atoms with Gasteiger partial charge in [0, 0.05) is 16.2 Å². The molecule has 0 radical (unpaired) electrons. The molecule has 2 aromatic rings. The van der Waals surface area contributed by atoms with Crippen LogP contribution in [0.4, 0.5) is 5.69 Å². The second kappa shape index (κ2) is 6.19. The maximum atomic E-state index is 11.8. The summed E-state index contributed by atoms with van der Waals surface area (Å²) in [7, 11) is 0. The van der Waals surface area contributed by atoms with Crippen molar-refractivity contribution in [2.45, 2.75) is 0 Å². The minimum Gasteiger partial charge on any atom is -0.289 e. The summed E-state index contributed by atoms with van der Waals surface area (Å²) in [6, 6.07) is 16.1. The lowest BCUT2D eigenvalue weighted by atomic mass is 10.1. The standard InChI is InChI=1S/C15H11N3O/c16-18-17-14-9-6-12(7-10-14)8-11-15(19)13-4-2-1-3-5-13/h1-11H/b11-8-. The molecule has 4 heteroatoms. The lowest BCUT2D eigenvalue weighted by Gasteiger charge is -1.96. The molecule has 0 N–H and O–H groups in total. The van der Waals surface area contributed by atoms with Gasteiger partial charge in [0.1, 0.15) is 0 Å². The largest absolute Gasteiger partial charge is 0.289 e. The van der Waals surface area contributed by atoms with E-state index in [0.29, 0.717) is 11.3 Å². The number of nitrogens with zero attached hydrogens (tertiary/aromatic N) is 3. The molecule has 0 saturated heterocycles. The van der Waals surface area contributed by atoms with Gasteiger partial charge in [0.15, 0.2) is 5.78 Å². The van der Waals surface area contributed by atoms with Crippen molar-refractivity contribution in [2.75, 3.05) is 0 Å². The van der Waals surface area contributed by atoms with Crippen LogP contribution in [0.2, 0.25) is 0 Å². The zero-order valence-corrected chi connectivity index (χ0v) is 10.1. The Bertz CT molecular complexity index is 639. The van der Waals surface area contributed by atoms with Crippen LogP contribution >= 0.6 is 0 Å². The third-order valence-electron chi connectivity index (χ3n) is 2.54. The maximum Gasteiger partial charge on any atom is 0.185 e. The first-order valence-corrected chi connectivity index (χ1v) is 5.72. The molecule has 0 fully saturated rings. The Morgan fingerprint density at radius 3 is 2.37 bits per heavy atom. The first-order valence-electron chi connectivity index (χ1n) is 5.72. The Labute approximate surface area is 110 Å². The zero-order valence-electron chi connectivity index (χ0n) is 10.1. The van der Waals surface area contributed by atoms with Gasteiger partial charge in [-0.3, -0.25) is 4.79 Å². The van der Waals surface area contributed by atoms with Gasteiger partial charge in [0.2, 0.25) is 0 Å². The molecule has 92 valence electrons. The van der Waals surface area contributed by atoms with Gasteiger partial charge in [-0.2, -0.15) is 0 Å². The van der Waals surface area contributed by atoms with Gasteiger partial charge in [-0.15, -0.1) is 0 Å². The predicted molar refractivity (Wildman–Crippen MR) is 75.1 cm³/mol. The highest BCUT2D eigenvalue weighted by Gasteiger charge is 1.99. The summed E-state index contributed by atoms with van der Waals surface area (Å²) in [5, 5.41) is 3.48. The summed E-state index contributed by atoms with van der Waals surface area (Å²) < 4.78 is 0. The molecule has 0 aliphatic heterocycles. The molecule has 0 atom stereocenters. The van der Waals surface area contributed by atoms with Crippen molar-refractivity contribution in [3.63, 3.8) is 0 Å². The Morgan fingerprint density at radius 1 is 1.05 bits per heavy atom. The van der Waals surface area contributed by atoms with Crippen LogP contribution in [0.25, 0.3) is 16.5 Å². The van der Waals surface area contributed by atoms with Crippen molar-refractivity contribution in [1.82, 2.24) is 0 Å². The monoisotopic (exact) mass is 249 g/mol. The minimum atomic E-state index is -0.0419. The van der Waals surface area contributed by atoms with E-state index in [9.17, 15) is 4.79 Å². The fourth-order valence-corrected chi connectivity index (χ4v) is 1.57. The van der Waals surface area contributed by atoms with Crippen LogP contribution in [0.5, 0.6) is 0 Å². The molecule has 0 spiro atoms. The van der Waals surface area contributed by atoms with Gasteiger partial charge in [-0.05, 0) is 17.2 Å². The minimum absolute atomic E-state index is 0.0419. The number of carbonyl (C=O) groups is 1. The molecule has 0 bridgehead atoms. The van der Waals surface area contributed by atoms with Crippen LogP contribution in [0.15, 0.2) is 65.8 Å². The van der Waals surface area contributed by atoms with Crippen LogP contribution in [-0.4, -0.2) is 5.78 Å². The summed E-state index contributed by atoms with van der Waals surface area (Å²) in [5.41, 5.74) is 10.4. The van der Waals surface area contributed by atoms with Crippen molar-refractivity contribution in [3.05, 3.63) is 82.2 Å². The van der Waals surface area contributed by atoms with Crippen molar-refractivity contribution in [2.24, 2.45) is 5.11 Å². The van der Waals surface area contributed by atoms with Crippen LogP contribution < -0.4 is 0 Å². The van der Waals surface area contributed by atoms with Crippen LogP contribution in [0.3, 0.4) is 0 Å². The average Bonchev–Trinajstić information content (AvgIpc) is 2.47. The fourth-order valence-electron chi connectivity index (χ4n) is 1.57. The SMILES string of the molecule is [N-]=[N+]=Nc1ccc(/C=C\C(=O)c2ccccc2)cc1. The molecule has 0 aliphatic carbocycles. The molecular formula is C15H11N3O. The fraction of sp³-hybridized carbons (Fsp3) is 0. The Hall–Kier alpha value is -2.84. The second-order valence-electron chi connectivity index (χ2n) is 3.84. The van der Waals surface area contributed by atoms with E-state index in [-0.39, 0.29) is 5.78 Å². The third kappa shape index (κ3) is 3.56. The quantitative estimate of drug-likeness (QED) is 0.258. The van der Waals surface area contributed by atoms with Gasteiger partial charge in [-0.1, -0.05) is 65.8 Å². The predicted octanol–water partition coefficient (Wildman–Crippen LogP) is 4.52. The first kappa shape index (κ1) is 12.6. The molecule has 4 nitrogen and oxygen atoms in total. The molecule has 0 heterocycles. The van der Waals surface area contributed by atoms with Gasteiger partial charge in [-0.25, -0.2) is 0 Å². The Balaban J connectivity index is 2.10. The van der Waals surface area contributed by atoms with E-state index >= 15 is 0 Å². The summed E-state index contributed by atoms with van der Waals surface area (Å²) in [4.78, 5) is 14.5. The maximum absolute atomic E-state index is 11.8. The van der Waals surface area contributed by atoms with E-state index in [2.05, 4.69) is 10.0 Å². The first-order chi connectivity index (χ1) is 9.29. The van der Waals surface area contributed by atoms with Crippen molar-refractivity contribution in [3.8, 4) is 0 Å². The number of rotatable bonds is 4. The molecule has 0 unspecified atom stereocenters. The van der Waals surface area contributed by atoms with E-state index in [0.717, 1.165) is 5.56 Å².